The van der Waals surface area contributed by atoms with Crippen molar-refractivity contribution in [2.75, 3.05) is 27.8 Å². The van der Waals surface area contributed by atoms with E-state index in [9.17, 15) is 15.0 Å². The number of hydrogen-bond acceptors (Lipinski definition) is 8. The summed E-state index contributed by atoms with van der Waals surface area (Å²) in [7, 11) is 2.84. The van der Waals surface area contributed by atoms with Crippen LogP contribution in [0.5, 0.6) is 34.5 Å². The van der Waals surface area contributed by atoms with Gasteiger partial charge in [0.2, 0.25) is 25.1 Å². The zero-order valence-electron chi connectivity index (χ0n) is 15.1. The Morgan fingerprint density at radius 2 is 1.38 bits per heavy atom. The third-order valence-electron chi connectivity index (χ3n) is 4.56. The molecule has 0 bridgehead atoms. The maximum absolute atomic E-state index is 12.2. The average Bonchev–Trinajstić information content (AvgIpc) is 3.35. The molecular formula is C18H14Br2O9. The highest BCUT2D eigenvalue weighted by molar-refractivity contribution is 9.11. The summed E-state index contributed by atoms with van der Waals surface area (Å²) in [5.74, 6) is 0.171. The summed E-state index contributed by atoms with van der Waals surface area (Å²) in [4.78, 5) is 12.2. The maximum Gasteiger partial charge on any atom is 0.337 e. The van der Waals surface area contributed by atoms with Crippen LogP contribution in [0.25, 0.3) is 11.1 Å². The van der Waals surface area contributed by atoms with E-state index in [1.54, 1.807) is 0 Å². The van der Waals surface area contributed by atoms with E-state index in [2.05, 4.69) is 31.9 Å². The zero-order valence-corrected chi connectivity index (χ0v) is 18.3. The summed E-state index contributed by atoms with van der Waals surface area (Å²) in [5, 5.41) is 20.1. The third kappa shape index (κ3) is 2.79. The average molecular weight is 534 g/mol. The van der Waals surface area contributed by atoms with Crippen molar-refractivity contribution in [3.63, 3.8) is 0 Å². The van der Waals surface area contributed by atoms with Crippen molar-refractivity contribution in [3.8, 4) is 45.6 Å². The van der Waals surface area contributed by atoms with Crippen molar-refractivity contribution < 1.29 is 43.4 Å². The first-order valence-electron chi connectivity index (χ1n) is 8.17. The SMILES string of the molecule is COc1c(Br)c(CO)c(-c2c3c(c(OC)c(Br)c2C(=O)O)OCO3)c2c1OCO2. The number of aliphatic hydroxyl groups is 1. The molecule has 4 rings (SSSR count). The van der Waals surface area contributed by atoms with Gasteiger partial charge >= 0.3 is 5.97 Å². The number of aliphatic hydroxyl groups excluding tert-OH is 1. The van der Waals surface area contributed by atoms with Gasteiger partial charge in [-0.2, -0.15) is 0 Å². The second-order valence-electron chi connectivity index (χ2n) is 5.89. The van der Waals surface area contributed by atoms with E-state index in [0.717, 1.165) is 0 Å². The van der Waals surface area contributed by atoms with Gasteiger partial charge in [-0.15, -0.1) is 0 Å². The molecule has 0 aromatic heterocycles. The van der Waals surface area contributed by atoms with Crippen molar-refractivity contribution in [2.45, 2.75) is 6.61 Å². The second kappa shape index (κ2) is 7.47. The highest BCUT2D eigenvalue weighted by atomic mass is 79.9. The van der Waals surface area contributed by atoms with Gasteiger partial charge < -0.3 is 38.6 Å². The maximum atomic E-state index is 12.2. The van der Waals surface area contributed by atoms with Gasteiger partial charge in [-0.05, 0) is 31.9 Å². The predicted molar refractivity (Wildman–Crippen MR) is 106 cm³/mol. The first kappa shape index (κ1) is 19.9. The molecule has 11 heteroatoms. The fourth-order valence-electron chi connectivity index (χ4n) is 3.40. The first-order valence-corrected chi connectivity index (χ1v) is 9.76. The Morgan fingerprint density at radius 1 is 0.897 bits per heavy atom. The van der Waals surface area contributed by atoms with Crippen molar-refractivity contribution >= 4 is 37.8 Å². The van der Waals surface area contributed by atoms with Crippen molar-refractivity contribution in [1.82, 2.24) is 0 Å². The number of benzene rings is 2. The minimum Gasteiger partial charge on any atom is -0.492 e. The van der Waals surface area contributed by atoms with Crippen LogP contribution < -0.4 is 28.4 Å². The monoisotopic (exact) mass is 532 g/mol. The molecule has 2 aliphatic rings. The number of methoxy groups -OCH3 is 2. The molecule has 0 radical (unpaired) electrons. The quantitative estimate of drug-likeness (QED) is 0.595. The van der Waals surface area contributed by atoms with Crippen LogP contribution in [0.3, 0.4) is 0 Å². The largest absolute Gasteiger partial charge is 0.492 e. The molecule has 154 valence electrons. The Kier molecular flexibility index (Phi) is 5.13. The molecule has 0 spiro atoms. The van der Waals surface area contributed by atoms with Gasteiger partial charge in [0.25, 0.3) is 0 Å². The lowest BCUT2D eigenvalue weighted by atomic mass is 9.92. The van der Waals surface area contributed by atoms with E-state index in [1.807, 2.05) is 0 Å². The second-order valence-corrected chi connectivity index (χ2v) is 7.48. The van der Waals surface area contributed by atoms with E-state index in [-0.39, 0.29) is 63.5 Å². The molecule has 0 fully saturated rings. The van der Waals surface area contributed by atoms with Gasteiger partial charge in [0, 0.05) is 16.7 Å². The van der Waals surface area contributed by atoms with E-state index >= 15 is 0 Å². The number of rotatable bonds is 5. The molecule has 0 aliphatic carbocycles. The number of hydrogen-bond donors (Lipinski definition) is 2. The molecule has 29 heavy (non-hydrogen) atoms. The fourth-order valence-corrected chi connectivity index (χ4v) is 4.78. The topological polar surface area (TPSA) is 113 Å². The number of carbonyl (C=O) groups is 1. The van der Waals surface area contributed by atoms with Crippen molar-refractivity contribution in [3.05, 3.63) is 20.1 Å². The van der Waals surface area contributed by atoms with Gasteiger partial charge in [-0.25, -0.2) is 4.79 Å². The Bertz CT molecular complexity index is 1030. The van der Waals surface area contributed by atoms with E-state index in [0.29, 0.717) is 15.8 Å². The summed E-state index contributed by atoms with van der Waals surface area (Å²) in [6, 6.07) is 0. The minimum absolute atomic E-state index is 0.0979. The molecule has 2 aliphatic heterocycles. The molecule has 9 nitrogen and oxygen atoms in total. The predicted octanol–water partition coefficient (Wildman–Crippen LogP) is 3.54. The van der Waals surface area contributed by atoms with Crippen LogP contribution in [0.15, 0.2) is 8.95 Å². The van der Waals surface area contributed by atoms with Gasteiger partial charge in [-0.3, -0.25) is 0 Å². The Morgan fingerprint density at radius 3 is 1.86 bits per heavy atom. The molecule has 0 saturated heterocycles. The van der Waals surface area contributed by atoms with Gasteiger partial charge in [0.05, 0.1) is 35.3 Å². The molecule has 0 unspecified atom stereocenters. The summed E-state index contributed by atoms with van der Waals surface area (Å²) >= 11 is 6.72. The molecule has 2 aromatic rings. The van der Waals surface area contributed by atoms with E-state index < -0.39 is 12.6 Å². The highest BCUT2D eigenvalue weighted by Gasteiger charge is 2.39. The van der Waals surface area contributed by atoms with Gasteiger partial charge in [-0.1, -0.05) is 0 Å². The summed E-state index contributed by atoms with van der Waals surface area (Å²) in [5.41, 5.74) is 0.640. The number of carboxylic acid groups (broad SMARTS) is 1. The van der Waals surface area contributed by atoms with Crippen LogP contribution in [-0.4, -0.2) is 44.0 Å². The van der Waals surface area contributed by atoms with E-state index in [4.69, 9.17) is 28.4 Å². The summed E-state index contributed by atoms with van der Waals surface area (Å²) < 4.78 is 33.6. The summed E-state index contributed by atoms with van der Waals surface area (Å²) in [6.45, 7) is -0.667. The van der Waals surface area contributed by atoms with Crippen LogP contribution in [-0.2, 0) is 6.61 Å². The van der Waals surface area contributed by atoms with Gasteiger partial charge in [0.1, 0.15) is 0 Å². The standard InChI is InChI=1S/C18H14Br2O9/c1-24-14-10(19)6(3-21)7(12-16(14)28-4-26-12)8-9(18(22)23)11(20)15(25-2)17-13(8)27-5-29-17/h21H,3-5H2,1-2H3,(H,22,23). The molecule has 2 N–H and O–H groups in total. The van der Waals surface area contributed by atoms with Crippen LogP contribution in [0, 0.1) is 0 Å². The van der Waals surface area contributed by atoms with Crippen LogP contribution in [0.1, 0.15) is 15.9 Å². The Labute approximate surface area is 181 Å². The lowest BCUT2D eigenvalue weighted by Crippen LogP contribution is -2.07. The number of halogens is 2. The lowest BCUT2D eigenvalue weighted by molar-refractivity contribution is 0.0696. The van der Waals surface area contributed by atoms with E-state index in [1.165, 1.54) is 14.2 Å². The normalized spacial score (nSPS) is 13.6. The zero-order chi connectivity index (χ0) is 20.9. The molecule has 0 saturated carbocycles. The lowest BCUT2D eigenvalue weighted by Gasteiger charge is -2.20. The Hall–Kier alpha value is -2.37. The first-order chi connectivity index (χ1) is 14.0. The van der Waals surface area contributed by atoms with Crippen molar-refractivity contribution in [2.24, 2.45) is 0 Å². The number of ether oxygens (including phenoxy) is 6. The number of carboxylic acids is 1. The number of aromatic carboxylic acids is 1. The smallest absolute Gasteiger partial charge is 0.337 e. The van der Waals surface area contributed by atoms with Gasteiger partial charge in [0.15, 0.2) is 23.0 Å². The van der Waals surface area contributed by atoms with Crippen LogP contribution >= 0.6 is 31.9 Å². The summed E-state index contributed by atoms with van der Waals surface area (Å²) in [6.07, 6.45) is 0. The van der Waals surface area contributed by atoms with Crippen LogP contribution in [0.4, 0.5) is 0 Å². The molecule has 2 aromatic carbocycles. The van der Waals surface area contributed by atoms with Crippen LogP contribution in [0.2, 0.25) is 0 Å². The van der Waals surface area contributed by atoms with Crippen molar-refractivity contribution in [1.29, 1.82) is 0 Å². The minimum atomic E-state index is -1.24. The molecular weight excluding hydrogens is 520 g/mol. The molecule has 2 heterocycles. The fraction of sp³-hybridized carbons (Fsp3) is 0.278. The molecule has 0 amide bonds. The third-order valence-corrected chi connectivity index (χ3v) is 6.15. The highest BCUT2D eigenvalue weighted by Crippen LogP contribution is 2.60. The number of fused-ring (bicyclic) bond motifs is 2. The molecule has 0 atom stereocenters. The Balaban J connectivity index is 2.19.